The quantitative estimate of drug-likeness (QED) is 0.732. The summed E-state index contributed by atoms with van der Waals surface area (Å²) >= 11 is 0. The highest BCUT2D eigenvalue weighted by Gasteiger charge is 2.21. The molecule has 7 nitrogen and oxygen atoms in total. The number of carbonyl (C=O) groups excluding carboxylic acids is 1. The van der Waals surface area contributed by atoms with E-state index in [1.165, 1.54) is 26.2 Å². The lowest BCUT2D eigenvalue weighted by atomic mass is 10.2. The molecule has 0 spiro atoms. The third-order valence-electron chi connectivity index (χ3n) is 3.50. The SMILES string of the molecule is COc1ccc(S(=O)(=O)N[C@@H](C)C(=O)NCCc2ccccn2)cc1. The maximum absolute atomic E-state index is 12.3. The number of pyridine rings is 1. The second-order valence-electron chi connectivity index (χ2n) is 5.38. The number of nitrogens with zero attached hydrogens (tertiary/aromatic N) is 1. The first-order valence-corrected chi connectivity index (χ1v) is 9.24. The maximum atomic E-state index is 12.3. The number of rotatable bonds is 8. The highest BCUT2D eigenvalue weighted by Crippen LogP contribution is 2.15. The fourth-order valence-corrected chi connectivity index (χ4v) is 3.32. The standard InChI is InChI=1S/C17H21N3O4S/c1-13(17(21)19-12-10-14-5-3-4-11-18-14)20-25(22,23)16-8-6-15(24-2)7-9-16/h3-9,11,13,20H,10,12H2,1-2H3,(H,19,21)/t13-/m0/s1. The summed E-state index contributed by atoms with van der Waals surface area (Å²) in [5.74, 6) is 0.160. The van der Waals surface area contributed by atoms with Crippen molar-refractivity contribution >= 4 is 15.9 Å². The number of ether oxygens (including phenoxy) is 1. The van der Waals surface area contributed by atoms with Crippen LogP contribution in [-0.2, 0) is 21.2 Å². The first-order valence-electron chi connectivity index (χ1n) is 7.76. The Morgan fingerprint density at radius 2 is 1.92 bits per heavy atom. The molecule has 1 aromatic heterocycles. The third-order valence-corrected chi connectivity index (χ3v) is 5.06. The molecule has 8 heteroatoms. The summed E-state index contributed by atoms with van der Waals surface area (Å²) < 4.78 is 32.0. The molecule has 134 valence electrons. The summed E-state index contributed by atoms with van der Waals surface area (Å²) in [7, 11) is -2.29. The highest BCUT2D eigenvalue weighted by molar-refractivity contribution is 7.89. The van der Waals surface area contributed by atoms with Gasteiger partial charge in [0.2, 0.25) is 15.9 Å². The summed E-state index contributed by atoms with van der Waals surface area (Å²) in [6.07, 6.45) is 2.26. The van der Waals surface area contributed by atoms with Crippen LogP contribution in [0.15, 0.2) is 53.6 Å². The predicted molar refractivity (Wildman–Crippen MR) is 93.7 cm³/mol. The summed E-state index contributed by atoms with van der Waals surface area (Å²) in [4.78, 5) is 16.3. The van der Waals surface area contributed by atoms with Crippen molar-refractivity contribution < 1.29 is 17.9 Å². The number of methoxy groups -OCH3 is 1. The molecule has 0 aliphatic heterocycles. The molecule has 1 heterocycles. The number of carbonyl (C=O) groups is 1. The zero-order chi connectivity index (χ0) is 18.3. The molecular weight excluding hydrogens is 342 g/mol. The van der Waals surface area contributed by atoms with E-state index in [-0.39, 0.29) is 4.90 Å². The Hall–Kier alpha value is -2.45. The fraction of sp³-hybridized carbons (Fsp3) is 0.294. The van der Waals surface area contributed by atoms with Gasteiger partial charge in [0.05, 0.1) is 18.0 Å². The van der Waals surface area contributed by atoms with Crippen LogP contribution < -0.4 is 14.8 Å². The molecule has 1 atom stereocenters. The maximum Gasteiger partial charge on any atom is 0.241 e. The zero-order valence-electron chi connectivity index (χ0n) is 14.1. The van der Waals surface area contributed by atoms with Crippen LogP contribution in [0.1, 0.15) is 12.6 Å². The van der Waals surface area contributed by atoms with Gasteiger partial charge in [0.15, 0.2) is 0 Å². The van der Waals surface area contributed by atoms with Crippen LogP contribution >= 0.6 is 0 Å². The van der Waals surface area contributed by atoms with Gasteiger partial charge < -0.3 is 10.1 Å². The minimum absolute atomic E-state index is 0.0708. The van der Waals surface area contributed by atoms with Gasteiger partial charge in [-0.1, -0.05) is 6.07 Å². The van der Waals surface area contributed by atoms with Gasteiger partial charge in [-0.05, 0) is 43.3 Å². The molecule has 1 aromatic carbocycles. The van der Waals surface area contributed by atoms with Gasteiger partial charge in [-0.3, -0.25) is 9.78 Å². The summed E-state index contributed by atoms with van der Waals surface area (Å²) in [6, 6.07) is 10.6. The van der Waals surface area contributed by atoms with E-state index >= 15 is 0 Å². The van der Waals surface area contributed by atoms with Crippen LogP contribution in [0.4, 0.5) is 0 Å². The Balaban J connectivity index is 1.88. The monoisotopic (exact) mass is 363 g/mol. The van der Waals surface area contributed by atoms with Crippen LogP contribution in [0.25, 0.3) is 0 Å². The number of sulfonamides is 1. The topological polar surface area (TPSA) is 97.4 Å². The molecule has 25 heavy (non-hydrogen) atoms. The average Bonchev–Trinajstić information content (AvgIpc) is 2.62. The Kier molecular flexibility index (Phi) is 6.49. The van der Waals surface area contributed by atoms with E-state index in [0.717, 1.165) is 5.69 Å². The van der Waals surface area contributed by atoms with E-state index in [9.17, 15) is 13.2 Å². The van der Waals surface area contributed by atoms with Crippen LogP contribution in [0.2, 0.25) is 0 Å². The van der Waals surface area contributed by atoms with Crippen molar-refractivity contribution in [1.29, 1.82) is 0 Å². The molecule has 0 aliphatic carbocycles. The third kappa shape index (κ3) is 5.54. The van der Waals surface area contributed by atoms with E-state index in [4.69, 9.17) is 4.74 Å². The van der Waals surface area contributed by atoms with Crippen molar-refractivity contribution in [3.63, 3.8) is 0 Å². The Bertz CT molecular complexity index is 792. The molecular formula is C17H21N3O4S. The number of nitrogens with one attached hydrogen (secondary N) is 2. The number of benzene rings is 1. The molecule has 0 saturated carbocycles. The van der Waals surface area contributed by atoms with Crippen molar-refractivity contribution in [2.75, 3.05) is 13.7 Å². The smallest absolute Gasteiger partial charge is 0.241 e. The van der Waals surface area contributed by atoms with E-state index in [0.29, 0.717) is 18.7 Å². The molecule has 0 bridgehead atoms. The van der Waals surface area contributed by atoms with Gasteiger partial charge in [0.25, 0.3) is 0 Å². The molecule has 0 saturated heterocycles. The van der Waals surface area contributed by atoms with Gasteiger partial charge in [0.1, 0.15) is 5.75 Å². The first kappa shape index (κ1) is 18.9. The summed E-state index contributed by atoms with van der Waals surface area (Å²) in [5, 5.41) is 2.70. The molecule has 0 radical (unpaired) electrons. The normalized spacial score (nSPS) is 12.4. The first-order chi connectivity index (χ1) is 11.9. The lowest BCUT2D eigenvalue weighted by Crippen LogP contribution is -2.45. The molecule has 2 rings (SSSR count). The fourth-order valence-electron chi connectivity index (χ4n) is 2.12. The predicted octanol–water partition coefficient (Wildman–Crippen LogP) is 1.12. The largest absolute Gasteiger partial charge is 0.497 e. The lowest BCUT2D eigenvalue weighted by Gasteiger charge is -2.14. The second kappa shape index (κ2) is 8.59. The molecule has 0 fully saturated rings. The summed E-state index contributed by atoms with van der Waals surface area (Å²) in [5.41, 5.74) is 0.856. The molecule has 0 unspecified atom stereocenters. The van der Waals surface area contributed by atoms with E-state index in [2.05, 4.69) is 15.0 Å². The Morgan fingerprint density at radius 1 is 1.20 bits per heavy atom. The van der Waals surface area contributed by atoms with Crippen molar-refractivity contribution in [2.24, 2.45) is 0 Å². The van der Waals surface area contributed by atoms with E-state index < -0.39 is 22.0 Å². The molecule has 1 amide bonds. The average molecular weight is 363 g/mol. The Morgan fingerprint density at radius 3 is 2.52 bits per heavy atom. The number of amides is 1. The van der Waals surface area contributed by atoms with Crippen LogP contribution in [0.3, 0.4) is 0 Å². The van der Waals surface area contributed by atoms with Gasteiger partial charge in [-0.25, -0.2) is 8.42 Å². The van der Waals surface area contributed by atoms with Crippen LogP contribution in [0, 0.1) is 0 Å². The summed E-state index contributed by atoms with van der Waals surface area (Å²) in [6.45, 7) is 1.88. The van der Waals surface area contributed by atoms with Gasteiger partial charge in [-0.2, -0.15) is 4.72 Å². The minimum atomic E-state index is -3.79. The van der Waals surface area contributed by atoms with Crippen molar-refractivity contribution in [2.45, 2.75) is 24.3 Å². The van der Waals surface area contributed by atoms with Crippen LogP contribution in [-0.4, -0.2) is 39.0 Å². The van der Waals surface area contributed by atoms with Gasteiger partial charge >= 0.3 is 0 Å². The highest BCUT2D eigenvalue weighted by atomic mass is 32.2. The number of aromatic nitrogens is 1. The van der Waals surface area contributed by atoms with Crippen LogP contribution in [0.5, 0.6) is 5.75 Å². The van der Waals surface area contributed by atoms with E-state index in [1.807, 2.05) is 18.2 Å². The van der Waals surface area contributed by atoms with Crippen molar-refractivity contribution in [1.82, 2.24) is 15.0 Å². The lowest BCUT2D eigenvalue weighted by molar-refractivity contribution is -0.122. The second-order valence-corrected chi connectivity index (χ2v) is 7.09. The Labute approximate surface area is 147 Å². The van der Waals surface area contributed by atoms with Gasteiger partial charge in [0, 0.05) is 24.9 Å². The van der Waals surface area contributed by atoms with Crippen molar-refractivity contribution in [3.05, 3.63) is 54.4 Å². The zero-order valence-corrected chi connectivity index (χ0v) is 14.9. The molecule has 0 aliphatic rings. The minimum Gasteiger partial charge on any atom is -0.497 e. The number of hydrogen-bond acceptors (Lipinski definition) is 5. The van der Waals surface area contributed by atoms with Gasteiger partial charge in [-0.15, -0.1) is 0 Å². The molecule has 2 aromatic rings. The number of hydrogen-bond donors (Lipinski definition) is 2. The van der Waals surface area contributed by atoms with Crippen molar-refractivity contribution in [3.8, 4) is 5.75 Å². The van der Waals surface area contributed by atoms with E-state index in [1.54, 1.807) is 18.3 Å². The molecule has 2 N–H and O–H groups in total.